The number of allylic oxidation sites excluding steroid dienone is 1. The smallest absolute Gasteiger partial charge is 0.0570 e. The Morgan fingerprint density at radius 1 is 1.38 bits per heavy atom. The van der Waals surface area contributed by atoms with E-state index in [9.17, 15) is 0 Å². The molecule has 0 spiro atoms. The maximum atomic E-state index is 4.03. The zero-order chi connectivity index (χ0) is 10.3. The molecule has 72 valence electrons. The molecule has 0 unspecified atom stereocenters. The molecule has 13 heavy (non-hydrogen) atoms. The minimum absolute atomic E-state index is 0.928. The number of aromatic nitrogens is 1. The van der Waals surface area contributed by atoms with Crippen LogP contribution in [-0.2, 0) is 0 Å². The Kier molecular flexibility index (Phi) is 5.60. The number of hydrogen-bond acceptors (Lipinski definition) is 2. The van der Waals surface area contributed by atoms with E-state index in [1.54, 1.807) is 6.20 Å². The largest absolute Gasteiger partial charge is 0.358 e. The zero-order valence-electron chi connectivity index (χ0n) is 8.89. The van der Waals surface area contributed by atoms with Crippen molar-refractivity contribution in [2.24, 2.45) is 0 Å². The lowest BCUT2D eigenvalue weighted by atomic mass is 10.3. The highest BCUT2D eigenvalue weighted by Crippen LogP contribution is 2.08. The van der Waals surface area contributed by atoms with Crippen molar-refractivity contribution in [2.75, 3.05) is 5.32 Å². The summed E-state index contributed by atoms with van der Waals surface area (Å²) in [6.45, 7) is 11.7. The van der Waals surface area contributed by atoms with Crippen LogP contribution in [0, 0.1) is 6.92 Å². The summed E-state index contributed by atoms with van der Waals surface area (Å²) in [5.41, 5.74) is 3.08. The molecule has 2 nitrogen and oxygen atoms in total. The van der Waals surface area contributed by atoms with Gasteiger partial charge in [0.05, 0.1) is 11.9 Å². The van der Waals surface area contributed by atoms with Crippen LogP contribution in [0.5, 0.6) is 0 Å². The highest BCUT2D eigenvalue weighted by Gasteiger charge is 1.90. The van der Waals surface area contributed by atoms with E-state index >= 15 is 0 Å². The second-order valence-electron chi connectivity index (χ2n) is 2.66. The lowest BCUT2D eigenvalue weighted by molar-refractivity contribution is 1.25. The first-order valence-electron chi connectivity index (χ1n) is 4.52. The fraction of sp³-hybridized carbons (Fsp3) is 0.364. The summed E-state index contributed by atoms with van der Waals surface area (Å²) in [6, 6.07) is 2.03. The molecule has 1 aromatic heterocycles. The van der Waals surface area contributed by atoms with Gasteiger partial charge in [-0.25, -0.2) is 0 Å². The van der Waals surface area contributed by atoms with Crippen molar-refractivity contribution in [1.29, 1.82) is 0 Å². The summed E-state index contributed by atoms with van der Waals surface area (Å²) in [4.78, 5) is 4.03. The van der Waals surface area contributed by atoms with Gasteiger partial charge in [-0.15, -0.1) is 0 Å². The van der Waals surface area contributed by atoms with Crippen molar-refractivity contribution in [3.05, 3.63) is 36.3 Å². The molecule has 0 bridgehead atoms. The Balaban J connectivity index is 0.000000671. The first-order chi connectivity index (χ1) is 6.18. The van der Waals surface area contributed by atoms with Crippen LogP contribution in [0.2, 0.25) is 0 Å². The standard InChI is InChI=1S/C9H12N2.C2H6/c1-7(2)11-9-4-8(3)5-10-6-9;1-2/h4-6,11H,1H2,2-3H3;1-2H3. The van der Waals surface area contributed by atoms with E-state index in [0.717, 1.165) is 16.9 Å². The number of nitrogens with one attached hydrogen (secondary N) is 1. The molecule has 1 heterocycles. The van der Waals surface area contributed by atoms with Crippen LogP contribution in [0.3, 0.4) is 0 Å². The third-order valence-electron chi connectivity index (χ3n) is 1.23. The first-order valence-corrected chi connectivity index (χ1v) is 4.52. The summed E-state index contributed by atoms with van der Waals surface area (Å²) in [6.07, 6.45) is 3.60. The fourth-order valence-corrected chi connectivity index (χ4v) is 0.870. The van der Waals surface area contributed by atoms with E-state index in [-0.39, 0.29) is 0 Å². The van der Waals surface area contributed by atoms with Gasteiger partial charge in [0.25, 0.3) is 0 Å². The normalized spacial score (nSPS) is 8.31. The zero-order valence-corrected chi connectivity index (χ0v) is 8.89. The number of aryl methyl sites for hydroxylation is 1. The molecule has 1 aromatic rings. The van der Waals surface area contributed by atoms with E-state index in [1.807, 2.05) is 40.0 Å². The molecule has 0 saturated heterocycles. The molecule has 1 rings (SSSR count). The van der Waals surface area contributed by atoms with Crippen molar-refractivity contribution in [2.45, 2.75) is 27.7 Å². The summed E-state index contributed by atoms with van der Waals surface area (Å²) in [7, 11) is 0. The molecular weight excluding hydrogens is 160 g/mol. The van der Waals surface area contributed by atoms with Gasteiger partial charge in [-0.1, -0.05) is 20.4 Å². The maximum Gasteiger partial charge on any atom is 0.0570 e. The predicted molar refractivity (Wildman–Crippen MR) is 58.8 cm³/mol. The van der Waals surface area contributed by atoms with Crippen LogP contribution in [-0.4, -0.2) is 4.98 Å². The van der Waals surface area contributed by atoms with E-state index in [1.165, 1.54) is 0 Å². The van der Waals surface area contributed by atoms with Crippen molar-refractivity contribution >= 4 is 5.69 Å². The summed E-state index contributed by atoms with van der Waals surface area (Å²) in [5, 5.41) is 3.09. The van der Waals surface area contributed by atoms with Crippen LogP contribution in [0.1, 0.15) is 26.3 Å². The lowest BCUT2D eigenvalue weighted by Crippen LogP contribution is -1.94. The molecule has 0 aromatic carbocycles. The van der Waals surface area contributed by atoms with E-state index in [4.69, 9.17) is 0 Å². The Labute approximate surface area is 80.7 Å². The average Bonchev–Trinajstić information content (AvgIpc) is 2.06. The number of hydrogen-bond donors (Lipinski definition) is 1. The van der Waals surface area contributed by atoms with Gasteiger partial charge in [0.1, 0.15) is 0 Å². The van der Waals surface area contributed by atoms with E-state index in [2.05, 4.69) is 16.9 Å². The first kappa shape index (κ1) is 11.7. The Morgan fingerprint density at radius 3 is 2.46 bits per heavy atom. The second kappa shape index (κ2) is 6.23. The van der Waals surface area contributed by atoms with Crippen LogP contribution in [0.25, 0.3) is 0 Å². The third-order valence-corrected chi connectivity index (χ3v) is 1.23. The van der Waals surface area contributed by atoms with Crippen molar-refractivity contribution in [1.82, 2.24) is 4.98 Å². The van der Waals surface area contributed by atoms with Crippen LogP contribution in [0.4, 0.5) is 5.69 Å². The van der Waals surface area contributed by atoms with Gasteiger partial charge in [0, 0.05) is 11.9 Å². The van der Waals surface area contributed by atoms with Gasteiger partial charge in [-0.05, 0) is 25.5 Å². The van der Waals surface area contributed by atoms with Crippen molar-refractivity contribution in [3.63, 3.8) is 0 Å². The monoisotopic (exact) mass is 178 g/mol. The highest BCUT2D eigenvalue weighted by molar-refractivity contribution is 5.46. The van der Waals surface area contributed by atoms with Gasteiger partial charge in [0.2, 0.25) is 0 Å². The minimum atomic E-state index is 0.928. The molecule has 0 radical (unpaired) electrons. The van der Waals surface area contributed by atoms with E-state index in [0.29, 0.717) is 0 Å². The van der Waals surface area contributed by atoms with Gasteiger partial charge >= 0.3 is 0 Å². The molecule has 2 heteroatoms. The number of pyridine rings is 1. The number of nitrogens with zero attached hydrogens (tertiary/aromatic N) is 1. The lowest BCUT2D eigenvalue weighted by Gasteiger charge is -2.03. The number of anilines is 1. The van der Waals surface area contributed by atoms with Crippen LogP contribution >= 0.6 is 0 Å². The number of rotatable bonds is 2. The van der Waals surface area contributed by atoms with Gasteiger partial charge in [-0.2, -0.15) is 0 Å². The summed E-state index contributed by atoms with van der Waals surface area (Å²) >= 11 is 0. The Morgan fingerprint density at radius 2 is 2.00 bits per heavy atom. The van der Waals surface area contributed by atoms with Gasteiger partial charge in [-0.3, -0.25) is 4.98 Å². The van der Waals surface area contributed by atoms with Crippen LogP contribution in [0.15, 0.2) is 30.7 Å². The second-order valence-corrected chi connectivity index (χ2v) is 2.66. The van der Waals surface area contributed by atoms with Gasteiger partial charge in [0.15, 0.2) is 0 Å². The quantitative estimate of drug-likeness (QED) is 0.751. The van der Waals surface area contributed by atoms with Crippen molar-refractivity contribution < 1.29 is 0 Å². The molecule has 0 aliphatic carbocycles. The molecule has 1 N–H and O–H groups in total. The Bertz CT molecular complexity index is 267. The maximum absolute atomic E-state index is 4.03. The molecule has 0 saturated carbocycles. The van der Waals surface area contributed by atoms with Crippen LogP contribution < -0.4 is 5.32 Å². The molecular formula is C11H18N2. The molecule has 0 aliphatic heterocycles. The molecule has 0 fully saturated rings. The topological polar surface area (TPSA) is 24.9 Å². The molecule has 0 atom stereocenters. The predicted octanol–water partition coefficient (Wildman–Crippen LogP) is 3.36. The third kappa shape index (κ3) is 5.01. The average molecular weight is 178 g/mol. The molecule has 0 aliphatic rings. The fourth-order valence-electron chi connectivity index (χ4n) is 0.870. The summed E-state index contributed by atoms with van der Waals surface area (Å²) < 4.78 is 0. The highest BCUT2D eigenvalue weighted by atomic mass is 14.9. The summed E-state index contributed by atoms with van der Waals surface area (Å²) in [5.74, 6) is 0. The Hall–Kier alpha value is -1.31. The SMILES string of the molecule is C=C(C)Nc1cncc(C)c1.CC. The minimum Gasteiger partial charge on any atom is -0.358 e. The van der Waals surface area contributed by atoms with E-state index < -0.39 is 0 Å². The molecule has 0 amide bonds. The van der Waals surface area contributed by atoms with Crippen molar-refractivity contribution in [3.8, 4) is 0 Å². The van der Waals surface area contributed by atoms with Gasteiger partial charge < -0.3 is 5.32 Å².